The van der Waals surface area contributed by atoms with E-state index < -0.39 is 0 Å². The molecule has 0 saturated heterocycles. The van der Waals surface area contributed by atoms with E-state index in [9.17, 15) is 0 Å². The minimum Gasteiger partial charge on any atom is -0.308 e. The second-order valence-corrected chi connectivity index (χ2v) is 4.35. The van der Waals surface area contributed by atoms with Crippen molar-refractivity contribution in [3.63, 3.8) is 0 Å². The van der Waals surface area contributed by atoms with Gasteiger partial charge in [0.05, 0.1) is 17.9 Å². The topological polar surface area (TPSA) is 37.8 Å². The summed E-state index contributed by atoms with van der Waals surface area (Å²) in [7, 11) is 1.90. The highest BCUT2D eigenvalue weighted by molar-refractivity contribution is 6.30. The first-order chi connectivity index (χ1) is 8.20. The molecule has 4 heteroatoms. The number of benzene rings is 1. The molecule has 0 spiro atoms. The van der Waals surface area contributed by atoms with Gasteiger partial charge in [-0.1, -0.05) is 17.7 Å². The molecule has 0 fully saturated rings. The third kappa shape index (κ3) is 2.81. The Labute approximate surface area is 106 Å². The lowest BCUT2D eigenvalue weighted by Crippen LogP contribution is -2.19. The first kappa shape index (κ1) is 12.0. The number of halogens is 1. The van der Waals surface area contributed by atoms with Crippen molar-refractivity contribution in [1.29, 1.82) is 0 Å². The summed E-state index contributed by atoms with van der Waals surface area (Å²) in [6, 6.07) is 6.00. The molecule has 0 radical (unpaired) electrons. The fourth-order valence-electron chi connectivity index (χ4n) is 1.88. The van der Waals surface area contributed by atoms with Crippen LogP contribution in [0.3, 0.4) is 0 Å². The van der Waals surface area contributed by atoms with Crippen LogP contribution in [0.1, 0.15) is 22.9 Å². The van der Waals surface area contributed by atoms with Gasteiger partial charge in [-0.05, 0) is 37.2 Å². The number of hydrogen-bond acceptors (Lipinski definition) is 3. The summed E-state index contributed by atoms with van der Waals surface area (Å²) in [5.74, 6) is 0. The van der Waals surface area contributed by atoms with Crippen molar-refractivity contribution in [1.82, 2.24) is 15.3 Å². The maximum atomic E-state index is 6.07. The van der Waals surface area contributed by atoms with Crippen LogP contribution in [0.15, 0.2) is 36.8 Å². The van der Waals surface area contributed by atoms with Crippen LogP contribution in [0, 0.1) is 6.92 Å². The predicted molar refractivity (Wildman–Crippen MR) is 69.1 cm³/mol. The third-order valence-electron chi connectivity index (χ3n) is 2.57. The summed E-state index contributed by atoms with van der Waals surface area (Å²) < 4.78 is 0. The van der Waals surface area contributed by atoms with Gasteiger partial charge in [0, 0.05) is 17.4 Å². The molecule has 1 aromatic heterocycles. The zero-order valence-electron chi connectivity index (χ0n) is 9.81. The molecule has 2 aromatic rings. The molecule has 1 atom stereocenters. The Morgan fingerprint density at radius 3 is 2.65 bits per heavy atom. The number of hydrogen-bond donors (Lipinski definition) is 1. The Morgan fingerprint density at radius 1 is 1.24 bits per heavy atom. The normalized spacial score (nSPS) is 12.4. The Kier molecular flexibility index (Phi) is 3.71. The fourth-order valence-corrected chi connectivity index (χ4v) is 2.17. The van der Waals surface area contributed by atoms with Gasteiger partial charge < -0.3 is 5.32 Å². The van der Waals surface area contributed by atoms with Crippen molar-refractivity contribution in [2.45, 2.75) is 13.0 Å². The van der Waals surface area contributed by atoms with E-state index in [0.717, 1.165) is 21.8 Å². The van der Waals surface area contributed by atoms with E-state index in [1.807, 2.05) is 26.1 Å². The van der Waals surface area contributed by atoms with E-state index in [1.165, 1.54) is 0 Å². The van der Waals surface area contributed by atoms with Gasteiger partial charge in [-0.25, -0.2) is 0 Å². The lowest BCUT2D eigenvalue weighted by molar-refractivity contribution is 0.666. The van der Waals surface area contributed by atoms with Crippen LogP contribution in [0.25, 0.3) is 0 Å². The third-order valence-corrected chi connectivity index (χ3v) is 2.78. The molecule has 1 aromatic carbocycles. The Hall–Kier alpha value is -1.45. The van der Waals surface area contributed by atoms with Crippen LogP contribution in [-0.2, 0) is 0 Å². The van der Waals surface area contributed by atoms with E-state index in [4.69, 9.17) is 11.6 Å². The molecule has 17 heavy (non-hydrogen) atoms. The summed E-state index contributed by atoms with van der Waals surface area (Å²) in [6.07, 6.45) is 5.12. The van der Waals surface area contributed by atoms with Gasteiger partial charge in [-0.3, -0.25) is 9.97 Å². The molecule has 2 rings (SSSR count). The standard InChI is InChI=1S/C13H14ClN3/c1-9-5-10(7-11(14)6-9)13(15-2)12-8-16-3-4-17-12/h3-8,13,15H,1-2H3. The molecule has 0 aliphatic carbocycles. The van der Waals surface area contributed by atoms with Crippen LogP contribution in [0.4, 0.5) is 0 Å². The van der Waals surface area contributed by atoms with Crippen LogP contribution in [0.5, 0.6) is 0 Å². The van der Waals surface area contributed by atoms with E-state index >= 15 is 0 Å². The SMILES string of the molecule is CNC(c1cc(C)cc(Cl)c1)c1cnccn1. The van der Waals surface area contributed by atoms with Gasteiger partial charge >= 0.3 is 0 Å². The minimum atomic E-state index is 0.0149. The van der Waals surface area contributed by atoms with Crippen LogP contribution in [-0.4, -0.2) is 17.0 Å². The van der Waals surface area contributed by atoms with Gasteiger partial charge in [0.2, 0.25) is 0 Å². The zero-order valence-corrected chi connectivity index (χ0v) is 10.6. The average molecular weight is 248 g/mol. The highest BCUT2D eigenvalue weighted by atomic mass is 35.5. The summed E-state index contributed by atoms with van der Waals surface area (Å²) in [5, 5.41) is 3.97. The smallest absolute Gasteiger partial charge is 0.0801 e. The predicted octanol–water partition coefficient (Wildman–Crippen LogP) is 2.75. The second-order valence-electron chi connectivity index (χ2n) is 3.91. The lowest BCUT2D eigenvalue weighted by atomic mass is 10.0. The number of aryl methyl sites for hydroxylation is 1. The fraction of sp³-hybridized carbons (Fsp3) is 0.231. The maximum Gasteiger partial charge on any atom is 0.0801 e. The molecular formula is C13H14ClN3. The first-order valence-corrected chi connectivity index (χ1v) is 5.79. The molecule has 1 N–H and O–H groups in total. The maximum absolute atomic E-state index is 6.07. The molecule has 0 aliphatic rings. The van der Waals surface area contributed by atoms with Crippen LogP contribution < -0.4 is 5.32 Å². The Bertz CT molecular complexity index is 479. The highest BCUT2D eigenvalue weighted by Gasteiger charge is 2.14. The summed E-state index contributed by atoms with van der Waals surface area (Å²) >= 11 is 6.07. The number of nitrogens with zero attached hydrogens (tertiary/aromatic N) is 2. The van der Waals surface area contributed by atoms with Crippen molar-refractivity contribution in [3.05, 3.63) is 58.6 Å². The van der Waals surface area contributed by atoms with Gasteiger partial charge in [-0.15, -0.1) is 0 Å². The molecule has 0 bridgehead atoms. The zero-order chi connectivity index (χ0) is 12.3. The van der Waals surface area contributed by atoms with Crippen LogP contribution in [0.2, 0.25) is 5.02 Å². The number of aromatic nitrogens is 2. The molecule has 0 amide bonds. The quantitative estimate of drug-likeness (QED) is 0.906. The lowest BCUT2D eigenvalue weighted by Gasteiger charge is -2.16. The van der Waals surface area contributed by atoms with Crippen molar-refractivity contribution in [3.8, 4) is 0 Å². The molecule has 0 aliphatic heterocycles. The average Bonchev–Trinajstić information content (AvgIpc) is 2.30. The van der Waals surface area contributed by atoms with E-state index in [0.29, 0.717) is 0 Å². The summed E-state index contributed by atoms with van der Waals surface area (Å²) in [6.45, 7) is 2.03. The molecular weight excluding hydrogens is 234 g/mol. The van der Waals surface area contributed by atoms with Gasteiger partial charge in [-0.2, -0.15) is 0 Å². The molecule has 1 heterocycles. The number of nitrogens with one attached hydrogen (secondary N) is 1. The molecule has 0 saturated carbocycles. The van der Waals surface area contributed by atoms with Crippen molar-refractivity contribution >= 4 is 11.6 Å². The second kappa shape index (κ2) is 5.25. The molecule has 3 nitrogen and oxygen atoms in total. The Balaban J connectivity index is 2.42. The van der Waals surface area contributed by atoms with Crippen molar-refractivity contribution in [2.24, 2.45) is 0 Å². The summed E-state index contributed by atoms with van der Waals surface area (Å²) in [4.78, 5) is 8.41. The molecule has 88 valence electrons. The largest absolute Gasteiger partial charge is 0.308 e. The summed E-state index contributed by atoms with van der Waals surface area (Å²) in [5.41, 5.74) is 3.12. The minimum absolute atomic E-state index is 0.0149. The van der Waals surface area contributed by atoms with E-state index in [1.54, 1.807) is 18.6 Å². The van der Waals surface area contributed by atoms with Crippen molar-refractivity contribution < 1.29 is 0 Å². The van der Waals surface area contributed by atoms with Crippen LogP contribution >= 0.6 is 11.6 Å². The van der Waals surface area contributed by atoms with Gasteiger partial charge in [0.25, 0.3) is 0 Å². The Morgan fingerprint density at radius 2 is 2.06 bits per heavy atom. The first-order valence-electron chi connectivity index (χ1n) is 5.41. The monoisotopic (exact) mass is 247 g/mol. The van der Waals surface area contributed by atoms with Gasteiger partial charge in [0.15, 0.2) is 0 Å². The number of rotatable bonds is 3. The van der Waals surface area contributed by atoms with E-state index in [-0.39, 0.29) is 6.04 Å². The van der Waals surface area contributed by atoms with E-state index in [2.05, 4.69) is 21.4 Å². The highest BCUT2D eigenvalue weighted by Crippen LogP contribution is 2.23. The van der Waals surface area contributed by atoms with Crippen molar-refractivity contribution in [2.75, 3.05) is 7.05 Å². The molecule has 1 unspecified atom stereocenters. The van der Waals surface area contributed by atoms with Gasteiger partial charge in [0.1, 0.15) is 0 Å².